The van der Waals surface area contributed by atoms with Gasteiger partial charge in [-0.15, -0.1) is 0 Å². The molecular weight excluding hydrogens is 769 g/mol. The minimum atomic E-state index is -3.64. The van der Waals surface area contributed by atoms with Crippen LogP contribution in [0.3, 0.4) is 0 Å². The average molecular weight is 827 g/mol. The second-order valence-corrected chi connectivity index (χ2v) is 18.7. The first-order chi connectivity index (χ1) is 26.9. The maximum atomic E-state index is 14.4. The standard InChI is InChI=1S/C42H58N4O11S/c1-26(2)35(38(50)43-31(19-20-58(9,53)54)23-33(47)56-41(3,4)5)45-39(51)36(30-21-28-17-13-14-18-29(28)22-30)46-37(49)32(24-34(48)57-42(6,7)8)44-40(52)55-25-27-15-11-10-12-16-27/h10-20,26,30-32,35-36H,21-25H2,1-9H3,(H,43,50)(H,44,52)(H,45,51)(H,46,49)/b20-19+/t31-,32+,35+,36+/m1/s1. The number of hydrogen-bond acceptors (Lipinski definition) is 11. The fourth-order valence-electron chi connectivity index (χ4n) is 6.16. The molecule has 1 aliphatic carbocycles. The van der Waals surface area contributed by atoms with Gasteiger partial charge in [0.25, 0.3) is 0 Å². The van der Waals surface area contributed by atoms with Crippen molar-refractivity contribution in [2.24, 2.45) is 11.8 Å². The second kappa shape index (κ2) is 20.4. The largest absolute Gasteiger partial charge is 0.460 e. The summed E-state index contributed by atoms with van der Waals surface area (Å²) in [6.45, 7) is 13.2. The lowest BCUT2D eigenvalue weighted by Gasteiger charge is -2.30. The summed E-state index contributed by atoms with van der Waals surface area (Å²) in [6.07, 6.45) is 0.952. The van der Waals surface area contributed by atoms with Gasteiger partial charge in [0.1, 0.15) is 35.9 Å². The summed E-state index contributed by atoms with van der Waals surface area (Å²) in [5.74, 6) is -4.81. The van der Waals surface area contributed by atoms with Crippen LogP contribution in [0.5, 0.6) is 0 Å². The van der Waals surface area contributed by atoms with Gasteiger partial charge in [0.15, 0.2) is 9.84 Å². The number of alkyl carbamates (subject to hydrolysis) is 1. The molecule has 0 radical (unpaired) electrons. The number of nitrogens with one attached hydrogen (secondary N) is 4. The minimum Gasteiger partial charge on any atom is -0.460 e. The van der Waals surface area contributed by atoms with Gasteiger partial charge in [0.05, 0.1) is 18.9 Å². The van der Waals surface area contributed by atoms with Crippen LogP contribution in [0.1, 0.15) is 84.9 Å². The molecule has 16 heteroatoms. The lowest BCUT2D eigenvalue weighted by Crippen LogP contribution is -2.60. The van der Waals surface area contributed by atoms with Crippen molar-refractivity contribution in [2.45, 2.75) is 123 Å². The first kappa shape index (κ1) is 47.1. The fraction of sp³-hybridized carbons (Fsp3) is 0.524. The van der Waals surface area contributed by atoms with E-state index in [9.17, 15) is 37.2 Å². The highest BCUT2D eigenvalue weighted by molar-refractivity contribution is 7.93. The minimum absolute atomic E-state index is 0.111. The maximum absolute atomic E-state index is 14.4. The molecule has 58 heavy (non-hydrogen) atoms. The van der Waals surface area contributed by atoms with Crippen LogP contribution in [-0.4, -0.2) is 85.8 Å². The summed E-state index contributed by atoms with van der Waals surface area (Å²) in [7, 11) is -3.64. The van der Waals surface area contributed by atoms with E-state index in [2.05, 4.69) is 21.3 Å². The second-order valence-electron chi connectivity index (χ2n) is 16.8. The van der Waals surface area contributed by atoms with Gasteiger partial charge in [-0.2, -0.15) is 0 Å². The molecule has 2 aromatic rings. The van der Waals surface area contributed by atoms with Crippen molar-refractivity contribution in [3.63, 3.8) is 0 Å². The summed E-state index contributed by atoms with van der Waals surface area (Å²) < 4.78 is 40.1. The molecule has 1 aliphatic rings. The third-order valence-corrected chi connectivity index (χ3v) is 9.34. The molecule has 0 aliphatic heterocycles. The Morgan fingerprint density at radius 3 is 1.78 bits per heavy atom. The van der Waals surface area contributed by atoms with Crippen LogP contribution in [-0.2, 0) is 67.5 Å². The number of esters is 2. The Kier molecular flexibility index (Phi) is 16.6. The Bertz CT molecular complexity index is 1890. The van der Waals surface area contributed by atoms with Crippen LogP contribution >= 0.6 is 0 Å². The Labute approximate surface area is 341 Å². The summed E-state index contributed by atoms with van der Waals surface area (Å²) >= 11 is 0. The average Bonchev–Trinajstić information content (AvgIpc) is 3.53. The van der Waals surface area contributed by atoms with Crippen LogP contribution < -0.4 is 21.3 Å². The molecule has 3 rings (SSSR count). The Morgan fingerprint density at radius 1 is 0.724 bits per heavy atom. The number of carbonyl (C=O) groups excluding carboxylic acids is 6. The van der Waals surface area contributed by atoms with Gasteiger partial charge < -0.3 is 35.5 Å². The first-order valence-electron chi connectivity index (χ1n) is 19.2. The van der Waals surface area contributed by atoms with E-state index in [1.165, 1.54) is 0 Å². The quantitative estimate of drug-likeness (QED) is 0.133. The van der Waals surface area contributed by atoms with Crippen molar-refractivity contribution in [3.05, 3.63) is 82.8 Å². The number of benzene rings is 2. The highest BCUT2D eigenvalue weighted by atomic mass is 32.2. The molecule has 0 fully saturated rings. The predicted molar refractivity (Wildman–Crippen MR) is 216 cm³/mol. The van der Waals surface area contributed by atoms with Crippen molar-refractivity contribution >= 4 is 45.6 Å². The summed E-state index contributed by atoms with van der Waals surface area (Å²) in [5, 5.41) is 11.5. The van der Waals surface area contributed by atoms with E-state index in [1.54, 1.807) is 85.7 Å². The Hall–Kier alpha value is -5.25. The van der Waals surface area contributed by atoms with E-state index in [0.717, 1.165) is 28.9 Å². The third-order valence-electron chi connectivity index (χ3n) is 8.69. The Morgan fingerprint density at radius 2 is 1.26 bits per heavy atom. The summed E-state index contributed by atoms with van der Waals surface area (Å²) in [5.41, 5.74) is 0.878. The molecule has 0 saturated carbocycles. The van der Waals surface area contributed by atoms with Crippen molar-refractivity contribution in [3.8, 4) is 0 Å². The predicted octanol–water partition coefficient (Wildman–Crippen LogP) is 3.83. The van der Waals surface area contributed by atoms with Gasteiger partial charge >= 0.3 is 18.0 Å². The van der Waals surface area contributed by atoms with E-state index < -0.39 is 106 Å². The first-order valence-corrected chi connectivity index (χ1v) is 21.1. The molecule has 0 bridgehead atoms. The van der Waals surface area contributed by atoms with Gasteiger partial charge in [0, 0.05) is 11.7 Å². The molecule has 318 valence electrons. The molecule has 0 spiro atoms. The SMILES string of the molecule is CC(C)[C@H](NC(=O)[C@@H](NC(=O)[C@H](CC(=O)OC(C)(C)C)NC(=O)OCc1ccccc1)C1Cc2ccccc2C1)C(=O)N[C@H](/C=C/S(C)(=O)=O)CC(=O)OC(C)(C)C. The van der Waals surface area contributed by atoms with Crippen LogP contribution in [0.15, 0.2) is 66.1 Å². The normalized spacial score (nSPS) is 15.3. The highest BCUT2D eigenvalue weighted by Gasteiger charge is 2.39. The van der Waals surface area contributed by atoms with E-state index in [-0.39, 0.29) is 6.61 Å². The molecular formula is C42H58N4O11S. The molecule has 0 unspecified atom stereocenters. The number of fused-ring (bicyclic) bond motifs is 1. The zero-order valence-corrected chi connectivity index (χ0v) is 35.6. The maximum Gasteiger partial charge on any atom is 0.408 e. The van der Waals surface area contributed by atoms with Crippen LogP contribution in [0, 0.1) is 11.8 Å². The topological polar surface area (TPSA) is 212 Å². The third kappa shape index (κ3) is 16.7. The number of hydrogen-bond donors (Lipinski definition) is 4. The van der Waals surface area contributed by atoms with Gasteiger partial charge in [-0.1, -0.05) is 74.5 Å². The molecule has 0 aromatic heterocycles. The van der Waals surface area contributed by atoms with E-state index in [0.29, 0.717) is 18.4 Å². The van der Waals surface area contributed by atoms with E-state index >= 15 is 0 Å². The summed E-state index contributed by atoms with van der Waals surface area (Å²) in [4.78, 5) is 81.0. The number of sulfone groups is 1. The molecule has 4 amide bonds. The Balaban J connectivity index is 1.90. The zero-order valence-electron chi connectivity index (χ0n) is 34.7. The molecule has 0 saturated heterocycles. The number of amides is 4. The van der Waals surface area contributed by atoms with Crippen LogP contribution in [0.4, 0.5) is 4.79 Å². The zero-order chi connectivity index (χ0) is 43.4. The molecule has 4 atom stereocenters. The molecule has 0 heterocycles. The fourth-order valence-corrected chi connectivity index (χ4v) is 6.64. The van der Waals surface area contributed by atoms with Crippen molar-refractivity contribution in [2.75, 3.05) is 6.26 Å². The van der Waals surface area contributed by atoms with Crippen molar-refractivity contribution in [1.82, 2.24) is 21.3 Å². The number of ether oxygens (including phenoxy) is 3. The molecule has 4 N–H and O–H groups in total. The smallest absolute Gasteiger partial charge is 0.408 e. The van der Waals surface area contributed by atoms with Crippen molar-refractivity contribution < 1.29 is 51.4 Å². The highest BCUT2D eigenvalue weighted by Crippen LogP contribution is 2.29. The van der Waals surface area contributed by atoms with E-state index in [4.69, 9.17) is 14.2 Å². The van der Waals surface area contributed by atoms with Gasteiger partial charge in [-0.25, -0.2) is 13.2 Å². The van der Waals surface area contributed by atoms with E-state index in [1.807, 2.05) is 24.3 Å². The van der Waals surface area contributed by atoms with Gasteiger partial charge in [0.2, 0.25) is 17.7 Å². The van der Waals surface area contributed by atoms with Crippen LogP contribution in [0.2, 0.25) is 0 Å². The monoisotopic (exact) mass is 826 g/mol. The van der Waals surface area contributed by atoms with Gasteiger partial charge in [-0.05, 0) is 82.9 Å². The molecule has 2 aromatic carbocycles. The number of carbonyl (C=O) groups is 6. The van der Waals surface area contributed by atoms with Gasteiger partial charge in [-0.3, -0.25) is 24.0 Å². The number of rotatable bonds is 17. The lowest BCUT2D eigenvalue weighted by atomic mass is 9.93. The van der Waals surface area contributed by atoms with Crippen LogP contribution in [0.25, 0.3) is 0 Å². The van der Waals surface area contributed by atoms with Crippen molar-refractivity contribution in [1.29, 1.82) is 0 Å². The lowest BCUT2D eigenvalue weighted by molar-refractivity contribution is -0.157. The summed E-state index contributed by atoms with van der Waals surface area (Å²) in [6, 6.07) is 11.3. The molecule has 15 nitrogen and oxygen atoms in total.